The van der Waals surface area contributed by atoms with Crippen LogP contribution in [0.2, 0.25) is 0 Å². The summed E-state index contributed by atoms with van der Waals surface area (Å²) in [5.41, 5.74) is 0.688. The van der Waals surface area contributed by atoms with Crippen LogP contribution in [-0.2, 0) is 6.61 Å². The van der Waals surface area contributed by atoms with Crippen LogP contribution in [0.15, 0.2) is 12.4 Å². The lowest BCUT2D eigenvalue weighted by Gasteiger charge is -2.25. The summed E-state index contributed by atoms with van der Waals surface area (Å²) in [5.74, 6) is 0.599. The summed E-state index contributed by atoms with van der Waals surface area (Å²) in [6.45, 7) is 4.62. The van der Waals surface area contributed by atoms with Crippen LogP contribution in [0.4, 0.5) is 5.95 Å². The summed E-state index contributed by atoms with van der Waals surface area (Å²) in [4.78, 5) is 10.3. The van der Waals surface area contributed by atoms with E-state index < -0.39 is 0 Å². The van der Waals surface area contributed by atoms with E-state index in [4.69, 9.17) is 10.4 Å². The van der Waals surface area contributed by atoms with Gasteiger partial charge in [-0.25, -0.2) is 9.97 Å². The highest BCUT2D eigenvalue weighted by Crippen LogP contribution is 2.11. The van der Waals surface area contributed by atoms with Gasteiger partial charge in [-0.15, -0.1) is 0 Å². The second-order valence-electron chi connectivity index (χ2n) is 3.74. The zero-order valence-corrected chi connectivity index (χ0v) is 9.59. The van der Waals surface area contributed by atoms with Gasteiger partial charge in [0.1, 0.15) is 0 Å². The lowest BCUT2D eigenvalue weighted by Crippen LogP contribution is -2.33. The minimum atomic E-state index is -0.0554. The monoisotopic (exact) mass is 220 g/mol. The average Bonchev–Trinajstić information content (AvgIpc) is 2.30. The Labute approximate surface area is 95.4 Å². The SMILES string of the molecule is CC(C)N(CCC#N)c1ncc(CO)cn1. The number of aliphatic hydroxyl groups is 1. The van der Waals surface area contributed by atoms with Crippen molar-refractivity contribution in [2.45, 2.75) is 32.9 Å². The molecule has 0 atom stereocenters. The van der Waals surface area contributed by atoms with Gasteiger partial charge in [0.2, 0.25) is 5.95 Å². The number of aromatic nitrogens is 2. The predicted octanol–water partition coefficient (Wildman–Crippen LogP) is 1.10. The van der Waals surface area contributed by atoms with Gasteiger partial charge >= 0.3 is 0 Å². The fourth-order valence-electron chi connectivity index (χ4n) is 1.34. The second-order valence-corrected chi connectivity index (χ2v) is 3.74. The Morgan fingerprint density at radius 1 is 1.44 bits per heavy atom. The number of nitriles is 1. The molecule has 5 nitrogen and oxygen atoms in total. The highest BCUT2D eigenvalue weighted by molar-refractivity contribution is 5.31. The first-order valence-electron chi connectivity index (χ1n) is 5.24. The summed E-state index contributed by atoms with van der Waals surface area (Å²) in [6, 6.07) is 2.35. The normalized spacial score (nSPS) is 10.2. The van der Waals surface area contributed by atoms with Crippen LogP contribution in [0.3, 0.4) is 0 Å². The highest BCUT2D eigenvalue weighted by atomic mass is 16.3. The van der Waals surface area contributed by atoms with Gasteiger partial charge in [0.15, 0.2) is 0 Å². The summed E-state index contributed by atoms with van der Waals surface area (Å²) >= 11 is 0. The molecule has 0 bridgehead atoms. The van der Waals surface area contributed by atoms with Crippen molar-refractivity contribution < 1.29 is 5.11 Å². The molecule has 0 radical (unpaired) electrons. The minimum Gasteiger partial charge on any atom is -0.392 e. The average molecular weight is 220 g/mol. The van der Waals surface area contributed by atoms with Crippen molar-refractivity contribution in [2.24, 2.45) is 0 Å². The van der Waals surface area contributed by atoms with Gasteiger partial charge in [-0.3, -0.25) is 0 Å². The number of hydrogen-bond acceptors (Lipinski definition) is 5. The molecular formula is C11H16N4O. The predicted molar refractivity (Wildman–Crippen MR) is 60.7 cm³/mol. The zero-order chi connectivity index (χ0) is 12.0. The van der Waals surface area contributed by atoms with E-state index >= 15 is 0 Å². The van der Waals surface area contributed by atoms with Gasteiger partial charge < -0.3 is 10.0 Å². The summed E-state index contributed by atoms with van der Waals surface area (Å²) < 4.78 is 0. The Balaban J connectivity index is 2.80. The van der Waals surface area contributed by atoms with E-state index in [2.05, 4.69) is 16.0 Å². The Bertz CT molecular complexity index is 355. The van der Waals surface area contributed by atoms with Crippen molar-refractivity contribution in [3.05, 3.63) is 18.0 Å². The van der Waals surface area contributed by atoms with E-state index in [1.165, 1.54) is 0 Å². The summed E-state index contributed by atoms with van der Waals surface area (Å²) in [6.07, 6.45) is 3.65. The molecule has 0 aliphatic heterocycles. The fourth-order valence-corrected chi connectivity index (χ4v) is 1.34. The van der Waals surface area contributed by atoms with Gasteiger partial charge in [-0.1, -0.05) is 0 Å². The highest BCUT2D eigenvalue weighted by Gasteiger charge is 2.12. The topological polar surface area (TPSA) is 73.0 Å². The maximum absolute atomic E-state index is 8.88. The number of aliphatic hydroxyl groups excluding tert-OH is 1. The molecule has 1 N–H and O–H groups in total. The molecule has 0 unspecified atom stereocenters. The molecule has 16 heavy (non-hydrogen) atoms. The van der Waals surface area contributed by atoms with Crippen molar-refractivity contribution >= 4 is 5.95 Å². The number of anilines is 1. The van der Waals surface area contributed by atoms with Crippen LogP contribution in [0.25, 0.3) is 0 Å². The fraction of sp³-hybridized carbons (Fsp3) is 0.545. The third kappa shape index (κ3) is 3.17. The Kier molecular flexibility index (Phi) is 4.67. The van der Waals surface area contributed by atoms with Gasteiger partial charge in [0.05, 0.1) is 19.1 Å². The summed E-state index contributed by atoms with van der Waals surface area (Å²) in [7, 11) is 0. The molecule has 0 aliphatic carbocycles. The Morgan fingerprint density at radius 2 is 2.06 bits per heavy atom. The molecule has 0 saturated carbocycles. The first kappa shape index (κ1) is 12.4. The summed E-state index contributed by atoms with van der Waals surface area (Å²) in [5, 5.41) is 17.5. The molecule has 0 spiro atoms. The molecule has 0 amide bonds. The molecule has 1 heterocycles. The van der Waals surface area contributed by atoms with E-state index in [1.807, 2.05) is 18.7 Å². The van der Waals surface area contributed by atoms with E-state index in [9.17, 15) is 0 Å². The van der Waals surface area contributed by atoms with Crippen LogP contribution < -0.4 is 4.90 Å². The molecule has 5 heteroatoms. The van der Waals surface area contributed by atoms with E-state index in [1.54, 1.807) is 12.4 Å². The number of nitrogens with zero attached hydrogens (tertiary/aromatic N) is 4. The molecular weight excluding hydrogens is 204 g/mol. The first-order valence-corrected chi connectivity index (χ1v) is 5.24. The van der Waals surface area contributed by atoms with Crippen molar-refractivity contribution in [1.82, 2.24) is 9.97 Å². The minimum absolute atomic E-state index is 0.0554. The maximum Gasteiger partial charge on any atom is 0.225 e. The van der Waals surface area contributed by atoms with E-state index in [0.29, 0.717) is 24.5 Å². The van der Waals surface area contributed by atoms with Gasteiger partial charge in [0.25, 0.3) is 0 Å². The lowest BCUT2D eigenvalue weighted by atomic mass is 10.3. The van der Waals surface area contributed by atoms with Gasteiger partial charge in [0, 0.05) is 30.5 Å². The Hall–Kier alpha value is -1.67. The molecule has 0 fully saturated rings. The van der Waals surface area contributed by atoms with E-state index in [-0.39, 0.29) is 12.6 Å². The first-order chi connectivity index (χ1) is 7.69. The standard InChI is InChI=1S/C11H16N4O/c1-9(2)15(5-3-4-12)11-13-6-10(8-16)7-14-11/h6-7,9,16H,3,5,8H2,1-2H3. The molecule has 1 rings (SSSR count). The third-order valence-corrected chi connectivity index (χ3v) is 2.22. The maximum atomic E-state index is 8.88. The third-order valence-electron chi connectivity index (χ3n) is 2.22. The van der Waals surface area contributed by atoms with Gasteiger partial charge in [-0.2, -0.15) is 5.26 Å². The van der Waals surface area contributed by atoms with Crippen molar-refractivity contribution in [1.29, 1.82) is 5.26 Å². The second kappa shape index (κ2) is 6.03. The van der Waals surface area contributed by atoms with Crippen LogP contribution in [-0.4, -0.2) is 27.7 Å². The van der Waals surface area contributed by atoms with Crippen LogP contribution in [0, 0.1) is 11.3 Å². The lowest BCUT2D eigenvalue weighted by molar-refractivity contribution is 0.281. The van der Waals surface area contributed by atoms with Crippen LogP contribution in [0.1, 0.15) is 25.8 Å². The van der Waals surface area contributed by atoms with Crippen molar-refractivity contribution in [3.8, 4) is 6.07 Å². The molecule has 86 valence electrons. The van der Waals surface area contributed by atoms with Crippen molar-refractivity contribution in [2.75, 3.05) is 11.4 Å². The van der Waals surface area contributed by atoms with Crippen LogP contribution >= 0.6 is 0 Å². The number of rotatable bonds is 5. The van der Waals surface area contributed by atoms with Crippen LogP contribution in [0.5, 0.6) is 0 Å². The van der Waals surface area contributed by atoms with Crippen molar-refractivity contribution in [3.63, 3.8) is 0 Å². The molecule has 0 aromatic carbocycles. The zero-order valence-electron chi connectivity index (χ0n) is 9.59. The molecule has 1 aromatic heterocycles. The molecule has 0 aliphatic rings. The smallest absolute Gasteiger partial charge is 0.225 e. The van der Waals surface area contributed by atoms with E-state index in [0.717, 1.165) is 0 Å². The Morgan fingerprint density at radius 3 is 2.50 bits per heavy atom. The largest absolute Gasteiger partial charge is 0.392 e. The van der Waals surface area contributed by atoms with Gasteiger partial charge in [-0.05, 0) is 13.8 Å². The molecule has 1 aromatic rings. The molecule has 0 saturated heterocycles. The number of hydrogen-bond donors (Lipinski definition) is 1. The quantitative estimate of drug-likeness (QED) is 0.804.